The molecule has 2 aromatic carbocycles. The third-order valence-electron chi connectivity index (χ3n) is 3.41. The van der Waals surface area contributed by atoms with Gasteiger partial charge in [-0.05, 0) is 43.3 Å². The van der Waals surface area contributed by atoms with Crippen LogP contribution in [0.1, 0.15) is 22.1 Å². The maximum atomic E-state index is 13.0. The molecule has 0 amide bonds. The molecule has 0 bridgehead atoms. The van der Waals surface area contributed by atoms with E-state index in [9.17, 15) is 17.6 Å². The van der Waals surface area contributed by atoms with Crippen molar-refractivity contribution in [3.05, 3.63) is 71.6 Å². The number of esters is 1. The molecule has 3 aromatic rings. The third kappa shape index (κ3) is 4.47. The Hall–Kier alpha value is -3.27. The van der Waals surface area contributed by atoms with Crippen molar-refractivity contribution in [2.45, 2.75) is 18.4 Å². The van der Waals surface area contributed by atoms with E-state index in [2.05, 4.69) is 14.9 Å². The Labute approximate surface area is 154 Å². The zero-order valence-corrected chi connectivity index (χ0v) is 14.9. The third-order valence-corrected chi connectivity index (χ3v) is 4.79. The SMILES string of the molecule is Cc1noc(COC(=O)c2ccccc2NS(=O)(=O)c2ccc(F)cc2)n1. The van der Waals surface area contributed by atoms with Gasteiger partial charge in [-0.25, -0.2) is 17.6 Å². The quantitative estimate of drug-likeness (QED) is 0.643. The van der Waals surface area contributed by atoms with E-state index in [4.69, 9.17) is 9.26 Å². The number of nitrogens with zero attached hydrogens (tertiary/aromatic N) is 2. The Kier molecular flexibility index (Phi) is 5.17. The van der Waals surface area contributed by atoms with Gasteiger partial charge in [0.15, 0.2) is 12.4 Å². The molecule has 0 aliphatic rings. The van der Waals surface area contributed by atoms with Crippen LogP contribution in [-0.4, -0.2) is 24.5 Å². The lowest BCUT2D eigenvalue weighted by molar-refractivity contribution is 0.0431. The van der Waals surface area contributed by atoms with Crippen molar-refractivity contribution in [3.63, 3.8) is 0 Å². The van der Waals surface area contributed by atoms with E-state index in [0.29, 0.717) is 5.82 Å². The van der Waals surface area contributed by atoms with Crippen LogP contribution in [0.15, 0.2) is 57.9 Å². The van der Waals surface area contributed by atoms with E-state index < -0.39 is 21.8 Å². The number of nitrogens with one attached hydrogen (secondary N) is 1. The van der Waals surface area contributed by atoms with Crippen LogP contribution < -0.4 is 4.72 Å². The molecule has 27 heavy (non-hydrogen) atoms. The largest absolute Gasteiger partial charge is 0.452 e. The minimum Gasteiger partial charge on any atom is -0.452 e. The molecule has 0 aliphatic carbocycles. The van der Waals surface area contributed by atoms with E-state index >= 15 is 0 Å². The molecule has 0 aliphatic heterocycles. The predicted octanol–water partition coefficient (Wildman–Crippen LogP) is 2.67. The van der Waals surface area contributed by atoms with Crippen molar-refractivity contribution in [1.29, 1.82) is 0 Å². The summed E-state index contributed by atoms with van der Waals surface area (Å²) in [6, 6.07) is 10.2. The van der Waals surface area contributed by atoms with Crippen molar-refractivity contribution in [2.75, 3.05) is 4.72 Å². The number of benzene rings is 2. The molecule has 0 saturated heterocycles. The molecule has 0 saturated carbocycles. The highest BCUT2D eigenvalue weighted by Crippen LogP contribution is 2.21. The van der Waals surface area contributed by atoms with Gasteiger partial charge in [-0.15, -0.1) is 0 Å². The number of sulfonamides is 1. The number of anilines is 1. The van der Waals surface area contributed by atoms with Crippen LogP contribution in [-0.2, 0) is 21.4 Å². The normalized spacial score (nSPS) is 11.2. The number of hydrogen-bond donors (Lipinski definition) is 1. The molecule has 1 heterocycles. The van der Waals surface area contributed by atoms with Gasteiger partial charge in [0.05, 0.1) is 16.1 Å². The molecular weight excluding hydrogens is 377 g/mol. The van der Waals surface area contributed by atoms with Gasteiger partial charge in [0.2, 0.25) is 0 Å². The fourth-order valence-electron chi connectivity index (χ4n) is 2.17. The van der Waals surface area contributed by atoms with Crippen molar-refractivity contribution in [3.8, 4) is 0 Å². The molecule has 1 N–H and O–H groups in total. The maximum Gasteiger partial charge on any atom is 0.340 e. The first-order valence-electron chi connectivity index (χ1n) is 7.69. The van der Waals surface area contributed by atoms with Gasteiger partial charge in [-0.2, -0.15) is 4.98 Å². The second-order valence-electron chi connectivity index (χ2n) is 5.42. The van der Waals surface area contributed by atoms with E-state index in [1.54, 1.807) is 19.1 Å². The zero-order chi connectivity index (χ0) is 19.4. The Morgan fingerprint density at radius 1 is 1.19 bits per heavy atom. The number of para-hydroxylation sites is 1. The molecule has 0 fully saturated rings. The molecule has 0 spiro atoms. The van der Waals surface area contributed by atoms with Crippen LogP contribution >= 0.6 is 0 Å². The van der Waals surface area contributed by atoms with Crippen LogP contribution in [0.25, 0.3) is 0 Å². The summed E-state index contributed by atoms with van der Waals surface area (Å²) in [5.74, 6) is -0.823. The Morgan fingerprint density at radius 2 is 1.89 bits per heavy atom. The molecule has 10 heteroatoms. The number of halogens is 1. The summed E-state index contributed by atoms with van der Waals surface area (Å²) in [6.45, 7) is 1.37. The van der Waals surface area contributed by atoms with E-state index in [0.717, 1.165) is 24.3 Å². The minimum atomic E-state index is -4.02. The first kappa shape index (κ1) is 18.5. The molecule has 3 rings (SSSR count). The van der Waals surface area contributed by atoms with Gasteiger partial charge in [0.1, 0.15) is 5.82 Å². The lowest BCUT2D eigenvalue weighted by atomic mass is 10.2. The van der Waals surface area contributed by atoms with Crippen LogP contribution in [0.5, 0.6) is 0 Å². The summed E-state index contributed by atoms with van der Waals surface area (Å²) >= 11 is 0. The Balaban J connectivity index is 1.78. The molecule has 140 valence electrons. The number of hydrogen-bond acceptors (Lipinski definition) is 7. The number of carbonyl (C=O) groups is 1. The average Bonchev–Trinajstić information content (AvgIpc) is 3.05. The number of ether oxygens (including phenoxy) is 1. The van der Waals surface area contributed by atoms with Crippen molar-refractivity contribution < 1.29 is 26.9 Å². The summed E-state index contributed by atoms with van der Waals surface area (Å²) < 4.78 is 50.1. The van der Waals surface area contributed by atoms with Crippen LogP contribution in [0.3, 0.4) is 0 Å². The fourth-order valence-corrected chi connectivity index (χ4v) is 3.25. The first-order valence-corrected chi connectivity index (χ1v) is 9.17. The standard InChI is InChI=1S/C17H14FN3O5S/c1-11-19-16(26-20-11)10-25-17(22)14-4-2-3-5-15(14)21-27(23,24)13-8-6-12(18)7-9-13/h2-9,21H,10H2,1H3. The summed E-state index contributed by atoms with van der Waals surface area (Å²) in [7, 11) is -4.02. The molecular formula is C17H14FN3O5S. The van der Waals surface area contributed by atoms with Crippen molar-refractivity contribution in [2.24, 2.45) is 0 Å². The monoisotopic (exact) mass is 391 g/mol. The van der Waals surface area contributed by atoms with E-state index in [-0.39, 0.29) is 28.6 Å². The minimum absolute atomic E-state index is 0.000533. The summed E-state index contributed by atoms with van der Waals surface area (Å²) in [4.78, 5) is 16.1. The lowest BCUT2D eigenvalue weighted by Crippen LogP contribution is -2.16. The fraction of sp³-hybridized carbons (Fsp3) is 0.118. The number of carbonyl (C=O) groups excluding carboxylic acids is 1. The van der Waals surface area contributed by atoms with Gasteiger partial charge < -0.3 is 9.26 Å². The molecule has 1 aromatic heterocycles. The van der Waals surface area contributed by atoms with Gasteiger partial charge in [-0.1, -0.05) is 17.3 Å². The highest BCUT2D eigenvalue weighted by Gasteiger charge is 2.20. The second kappa shape index (κ2) is 7.54. The van der Waals surface area contributed by atoms with E-state index in [1.807, 2.05) is 0 Å². The van der Waals surface area contributed by atoms with E-state index in [1.165, 1.54) is 12.1 Å². The summed E-state index contributed by atoms with van der Waals surface area (Å²) in [6.07, 6.45) is 0. The summed E-state index contributed by atoms with van der Waals surface area (Å²) in [5, 5.41) is 3.58. The Morgan fingerprint density at radius 3 is 2.56 bits per heavy atom. The maximum absolute atomic E-state index is 13.0. The molecule has 0 radical (unpaired) electrons. The average molecular weight is 391 g/mol. The topological polar surface area (TPSA) is 111 Å². The molecule has 0 unspecified atom stereocenters. The first-order chi connectivity index (χ1) is 12.8. The van der Waals surface area contributed by atoms with Crippen LogP contribution in [0, 0.1) is 12.7 Å². The molecule has 8 nitrogen and oxygen atoms in total. The molecule has 0 atom stereocenters. The predicted molar refractivity (Wildman–Crippen MR) is 91.8 cm³/mol. The number of aryl methyl sites for hydroxylation is 1. The van der Waals surface area contributed by atoms with Crippen molar-refractivity contribution >= 4 is 21.7 Å². The highest BCUT2D eigenvalue weighted by molar-refractivity contribution is 7.92. The number of rotatable bonds is 6. The van der Waals surface area contributed by atoms with Crippen LogP contribution in [0.4, 0.5) is 10.1 Å². The van der Waals surface area contributed by atoms with Gasteiger partial charge in [0, 0.05) is 0 Å². The van der Waals surface area contributed by atoms with Gasteiger partial charge >= 0.3 is 5.97 Å². The second-order valence-corrected chi connectivity index (χ2v) is 7.10. The summed E-state index contributed by atoms with van der Waals surface area (Å²) in [5.41, 5.74) is 0.0213. The van der Waals surface area contributed by atoms with Gasteiger partial charge in [0.25, 0.3) is 15.9 Å². The smallest absolute Gasteiger partial charge is 0.340 e. The van der Waals surface area contributed by atoms with Gasteiger partial charge in [-0.3, -0.25) is 4.72 Å². The van der Waals surface area contributed by atoms with Crippen molar-refractivity contribution in [1.82, 2.24) is 10.1 Å². The zero-order valence-electron chi connectivity index (χ0n) is 14.0. The lowest BCUT2D eigenvalue weighted by Gasteiger charge is -2.12. The Bertz CT molecular complexity index is 1060. The van der Waals surface area contributed by atoms with Crippen LogP contribution in [0.2, 0.25) is 0 Å². The number of aromatic nitrogens is 2. The highest BCUT2D eigenvalue weighted by atomic mass is 32.2.